The van der Waals surface area contributed by atoms with E-state index in [0.717, 1.165) is 17.7 Å². The monoisotopic (exact) mass is 349 g/mol. The molecule has 1 fully saturated rings. The number of aliphatic hydroxyl groups is 1. The minimum Gasteiger partial charge on any atom is -0.391 e. The number of β-amino-alcohol motifs (C(OH)–C–C–N with tert-alkyl or cyclic N) is 1. The van der Waals surface area contributed by atoms with E-state index in [-0.39, 0.29) is 11.8 Å². The summed E-state index contributed by atoms with van der Waals surface area (Å²) in [7, 11) is 0. The van der Waals surface area contributed by atoms with Crippen molar-refractivity contribution in [3.8, 4) is 5.69 Å². The summed E-state index contributed by atoms with van der Waals surface area (Å²) in [5, 5.41) is 21.6. The molecule has 2 atom stereocenters. The minimum absolute atomic E-state index is 0.0705. The van der Waals surface area contributed by atoms with Crippen LogP contribution < -0.4 is 0 Å². The molecule has 132 valence electrons. The summed E-state index contributed by atoms with van der Waals surface area (Å²) in [5.41, 5.74) is 2.50. The maximum atomic E-state index is 12.8. The molecule has 1 saturated heterocycles. The molecule has 7 heteroatoms. The second-order valence-electron chi connectivity index (χ2n) is 6.43. The number of benzene rings is 2. The lowest BCUT2D eigenvalue weighted by atomic mass is 9.87. The Bertz CT molecular complexity index is 865. The molecular formula is C19H19N5O2. The molecule has 1 amide bonds. The van der Waals surface area contributed by atoms with E-state index in [1.54, 1.807) is 29.2 Å². The Kier molecular flexibility index (Phi) is 4.45. The van der Waals surface area contributed by atoms with Crippen LogP contribution in [0, 0.1) is 0 Å². The number of nitrogens with zero attached hydrogens (tertiary/aromatic N) is 5. The minimum atomic E-state index is -0.560. The van der Waals surface area contributed by atoms with Crippen LogP contribution >= 0.6 is 0 Å². The van der Waals surface area contributed by atoms with Crippen molar-refractivity contribution in [3.05, 3.63) is 72.1 Å². The van der Waals surface area contributed by atoms with Gasteiger partial charge in [0.15, 0.2) is 0 Å². The Balaban J connectivity index is 1.44. The highest BCUT2D eigenvalue weighted by Crippen LogP contribution is 2.29. The van der Waals surface area contributed by atoms with Crippen molar-refractivity contribution in [1.82, 2.24) is 25.1 Å². The van der Waals surface area contributed by atoms with Gasteiger partial charge in [-0.15, -0.1) is 5.10 Å². The van der Waals surface area contributed by atoms with Crippen LogP contribution in [0.15, 0.2) is 60.9 Å². The number of carbonyl (C=O) groups excluding carboxylic acids is 1. The maximum Gasteiger partial charge on any atom is 0.253 e. The predicted molar refractivity (Wildman–Crippen MR) is 94.9 cm³/mol. The van der Waals surface area contributed by atoms with E-state index in [4.69, 9.17) is 0 Å². The summed E-state index contributed by atoms with van der Waals surface area (Å²) in [5.74, 6) is 0.00117. The fraction of sp³-hybridized carbons (Fsp3) is 0.263. The van der Waals surface area contributed by atoms with Crippen molar-refractivity contribution >= 4 is 5.91 Å². The van der Waals surface area contributed by atoms with E-state index < -0.39 is 6.10 Å². The molecule has 0 aliphatic carbocycles. The highest BCUT2D eigenvalue weighted by Gasteiger charge is 2.31. The Morgan fingerprint density at radius 2 is 1.85 bits per heavy atom. The number of likely N-dealkylation sites (tertiary alicyclic amines) is 1. The van der Waals surface area contributed by atoms with E-state index in [9.17, 15) is 9.90 Å². The molecule has 0 radical (unpaired) electrons. The number of aliphatic hydroxyl groups excluding tert-OH is 1. The van der Waals surface area contributed by atoms with Crippen molar-refractivity contribution in [3.63, 3.8) is 0 Å². The number of aromatic nitrogens is 4. The zero-order valence-corrected chi connectivity index (χ0v) is 14.1. The molecule has 7 nitrogen and oxygen atoms in total. The van der Waals surface area contributed by atoms with E-state index in [2.05, 4.69) is 15.5 Å². The van der Waals surface area contributed by atoms with E-state index in [1.165, 1.54) is 11.0 Å². The fourth-order valence-corrected chi connectivity index (χ4v) is 3.42. The molecule has 1 N–H and O–H groups in total. The van der Waals surface area contributed by atoms with Gasteiger partial charge in [0.2, 0.25) is 0 Å². The first-order valence-corrected chi connectivity index (χ1v) is 8.58. The summed E-state index contributed by atoms with van der Waals surface area (Å²) in [4.78, 5) is 14.5. The molecule has 0 unspecified atom stereocenters. The van der Waals surface area contributed by atoms with Crippen LogP contribution in [0.3, 0.4) is 0 Å². The Morgan fingerprint density at radius 3 is 2.50 bits per heavy atom. The van der Waals surface area contributed by atoms with Gasteiger partial charge in [0, 0.05) is 24.6 Å². The average molecular weight is 349 g/mol. The zero-order chi connectivity index (χ0) is 17.9. The second kappa shape index (κ2) is 7.05. The van der Waals surface area contributed by atoms with Crippen molar-refractivity contribution in [2.24, 2.45) is 0 Å². The van der Waals surface area contributed by atoms with Gasteiger partial charge in [-0.05, 0) is 46.7 Å². The van der Waals surface area contributed by atoms with Crippen LogP contribution in [-0.2, 0) is 0 Å². The van der Waals surface area contributed by atoms with Crippen LogP contribution in [0.4, 0.5) is 0 Å². The number of rotatable bonds is 3. The lowest BCUT2D eigenvalue weighted by Crippen LogP contribution is -2.45. The first-order valence-electron chi connectivity index (χ1n) is 8.58. The van der Waals surface area contributed by atoms with Crippen LogP contribution in [0.5, 0.6) is 0 Å². The molecule has 1 aliphatic rings. The smallest absolute Gasteiger partial charge is 0.253 e. The van der Waals surface area contributed by atoms with Gasteiger partial charge in [0.1, 0.15) is 6.33 Å². The highest BCUT2D eigenvalue weighted by atomic mass is 16.3. The summed E-state index contributed by atoms with van der Waals surface area (Å²) in [6.07, 6.45) is 1.69. The van der Waals surface area contributed by atoms with Crippen molar-refractivity contribution in [2.45, 2.75) is 18.4 Å². The van der Waals surface area contributed by atoms with Crippen LogP contribution in [0.25, 0.3) is 5.69 Å². The predicted octanol–water partition coefficient (Wildman–Crippen LogP) is 1.65. The van der Waals surface area contributed by atoms with Gasteiger partial charge < -0.3 is 10.0 Å². The molecule has 3 aromatic rings. The SMILES string of the molecule is O=C(c1ccc(-n2cnnn2)cc1)N1CC[C@@H](c2ccccc2)[C@H](O)C1. The van der Waals surface area contributed by atoms with Crippen molar-refractivity contribution in [2.75, 3.05) is 13.1 Å². The van der Waals surface area contributed by atoms with Crippen LogP contribution in [0.2, 0.25) is 0 Å². The van der Waals surface area contributed by atoms with E-state index in [1.807, 2.05) is 30.3 Å². The average Bonchev–Trinajstić information content (AvgIpc) is 3.23. The van der Waals surface area contributed by atoms with Gasteiger partial charge in [-0.1, -0.05) is 30.3 Å². The largest absolute Gasteiger partial charge is 0.391 e. The first kappa shape index (κ1) is 16.4. The summed E-state index contributed by atoms with van der Waals surface area (Å²) in [6, 6.07) is 17.1. The Hall–Kier alpha value is -3.06. The topological polar surface area (TPSA) is 84.1 Å². The molecular weight excluding hydrogens is 330 g/mol. The second-order valence-corrected chi connectivity index (χ2v) is 6.43. The molecule has 1 aliphatic heterocycles. The third-order valence-corrected chi connectivity index (χ3v) is 4.82. The Morgan fingerprint density at radius 1 is 1.08 bits per heavy atom. The molecule has 0 spiro atoms. The molecule has 1 aromatic heterocycles. The van der Waals surface area contributed by atoms with Crippen molar-refractivity contribution < 1.29 is 9.90 Å². The number of amides is 1. The molecule has 0 bridgehead atoms. The third kappa shape index (κ3) is 3.21. The van der Waals surface area contributed by atoms with Gasteiger partial charge in [-0.25, -0.2) is 4.68 Å². The van der Waals surface area contributed by atoms with Gasteiger partial charge in [0.05, 0.1) is 11.8 Å². The quantitative estimate of drug-likeness (QED) is 0.777. The van der Waals surface area contributed by atoms with E-state index >= 15 is 0 Å². The molecule has 2 aromatic carbocycles. The van der Waals surface area contributed by atoms with Gasteiger partial charge in [-0.3, -0.25) is 4.79 Å². The zero-order valence-electron chi connectivity index (χ0n) is 14.1. The normalized spacial score (nSPS) is 20.1. The lowest BCUT2D eigenvalue weighted by molar-refractivity contribution is 0.0382. The summed E-state index contributed by atoms with van der Waals surface area (Å²) >= 11 is 0. The number of hydrogen-bond acceptors (Lipinski definition) is 5. The molecule has 4 rings (SSSR count). The molecule has 0 saturated carbocycles. The number of hydrogen-bond donors (Lipinski definition) is 1. The van der Waals surface area contributed by atoms with Crippen LogP contribution in [0.1, 0.15) is 28.3 Å². The van der Waals surface area contributed by atoms with Gasteiger partial charge in [0.25, 0.3) is 5.91 Å². The van der Waals surface area contributed by atoms with Gasteiger partial charge in [-0.2, -0.15) is 0 Å². The summed E-state index contributed by atoms with van der Waals surface area (Å²) in [6.45, 7) is 0.970. The molecule has 26 heavy (non-hydrogen) atoms. The summed E-state index contributed by atoms with van der Waals surface area (Å²) < 4.78 is 1.53. The third-order valence-electron chi connectivity index (χ3n) is 4.82. The Labute approximate surface area is 150 Å². The highest BCUT2D eigenvalue weighted by molar-refractivity contribution is 5.94. The van der Waals surface area contributed by atoms with Crippen molar-refractivity contribution in [1.29, 1.82) is 0 Å². The van der Waals surface area contributed by atoms with E-state index in [0.29, 0.717) is 18.7 Å². The molecule has 2 heterocycles. The van der Waals surface area contributed by atoms with Gasteiger partial charge >= 0.3 is 0 Å². The fourth-order valence-electron chi connectivity index (χ4n) is 3.42. The lowest BCUT2D eigenvalue weighted by Gasteiger charge is -2.36. The standard InChI is InChI=1S/C19H19N5O2/c25-18-12-23(11-10-17(18)14-4-2-1-3-5-14)19(26)15-6-8-16(9-7-15)24-13-20-21-22-24/h1-9,13,17-18,25H,10-12H2/t17-,18+/m0/s1. The first-order chi connectivity index (χ1) is 12.7. The number of carbonyl (C=O) groups is 1. The van der Waals surface area contributed by atoms with Crippen LogP contribution in [-0.4, -0.2) is 55.3 Å². The number of tetrazole rings is 1. The maximum absolute atomic E-state index is 12.8. The number of piperidine rings is 1.